The van der Waals surface area contributed by atoms with Gasteiger partial charge in [0.2, 0.25) is 0 Å². The van der Waals surface area contributed by atoms with E-state index in [9.17, 15) is 0 Å². The minimum Gasteiger partial charge on any atom is -0.316 e. The lowest BCUT2D eigenvalue weighted by Crippen LogP contribution is -2.31. The zero-order valence-electron chi connectivity index (χ0n) is 12.2. The molecule has 0 radical (unpaired) electrons. The van der Waals surface area contributed by atoms with Crippen LogP contribution in [-0.4, -0.2) is 25.1 Å². The normalized spacial score (nSPS) is 26.1. The van der Waals surface area contributed by atoms with Crippen LogP contribution < -0.4 is 5.32 Å². The van der Waals surface area contributed by atoms with E-state index in [0.29, 0.717) is 5.41 Å². The maximum Gasteiger partial charge on any atom is -0.00205 e. The highest BCUT2D eigenvalue weighted by molar-refractivity contribution is 7.98. The molecule has 1 aliphatic carbocycles. The molecule has 0 atom stereocenters. The minimum absolute atomic E-state index is 0.525. The lowest BCUT2D eigenvalue weighted by molar-refractivity contribution is 0.149. The average Bonchev–Trinajstić information content (AvgIpc) is 2.28. The summed E-state index contributed by atoms with van der Waals surface area (Å²) in [6.07, 6.45) is 9.28. The van der Waals surface area contributed by atoms with E-state index in [2.05, 4.69) is 32.3 Å². The second kappa shape index (κ2) is 7.68. The van der Waals surface area contributed by atoms with Gasteiger partial charge in [-0.25, -0.2) is 0 Å². The van der Waals surface area contributed by atoms with Gasteiger partial charge in [0.25, 0.3) is 0 Å². The molecule has 0 aromatic carbocycles. The summed E-state index contributed by atoms with van der Waals surface area (Å²) in [6.45, 7) is 9.67. The summed E-state index contributed by atoms with van der Waals surface area (Å²) in [5.74, 6) is 3.20. The van der Waals surface area contributed by atoms with Crippen molar-refractivity contribution in [2.24, 2.45) is 17.3 Å². The summed E-state index contributed by atoms with van der Waals surface area (Å²) >= 11 is 1.95. The van der Waals surface area contributed by atoms with Gasteiger partial charge in [-0.1, -0.05) is 20.8 Å². The van der Waals surface area contributed by atoms with Crippen LogP contribution in [0.1, 0.15) is 52.9 Å². The zero-order valence-corrected chi connectivity index (χ0v) is 13.0. The Morgan fingerprint density at radius 2 is 1.76 bits per heavy atom. The number of hydrogen-bond acceptors (Lipinski definition) is 2. The molecule has 0 aliphatic heterocycles. The summed E-state index contributed by atoms with van der Waals surface area (Å²) in [5, 5.41) is 3.63. The van der Waals surface area contributed by atoms with Gasteiger partial charge in [-0.2, -0.15) is 11.8 Å². The molecule has 0 spiro atoms. The highest BCUT2D eigenvalue weighted by Gasteiger charge is 2.29. The Kier molecular flexibility index (Phi) is 6.94. The third-order valence-corrected chi connectivity index (χ3v) is 4.90. The Hall–Kier alpha value is 0.310. The Balaban J connectivity index is 2.07. The van der Waals surface area contributed by atoms with Crippen LogP contribution in [0.4, 0.5) is 0 Å². The van der Waals surface area contributed by atoms with Crippen molar-refractivity contribution < 1.29 is 0 Å². The van der Waals surface area contributed by atoms with E-state index in [1.807, 2.05) is 11.8 Å². The van der Waals surface area contributed by atoms with E-state index in [0.717, 1.165) is 11.8 Å². The fourth-order valence-electron chi connectivity index (χ4n) is 2.88. The van der Waals surface area contributed by atoms with Gasteiger partial charge in [-0.3, -0.25) is 0 Å². The van der Waals surface area contributed by atoms with Gasteiger partial charge in [0, 0.05) is 0 Å². The molecule has 2 heteroatoms. The fourth-order valence-corrected chi connectivity index (χ4v) is 3.31. The molecule has 1 N–H and O–H groups in total. The quantitative estimate of drug-likeness (QED) is 0.716. The Morgan fingerprint density at radius 3 is 2.29 bits per heavy atom. The first-order chi connectivity index (χ1) is 8.04. The SMILES string of the molecule is CSCCCNCC1CCC(C(C)(C)C)CC1. The summed E-state index contributed by atoms with van der Waals surface area (Å²) in [7, 11) is 0. The molecule has 1 nitrogen and oxygen atoms in total. The van der Waals surface area contributed by atoms with Crippen LogP contribution in [0, 0.1) is 17.3 Å². The molecule has 17 heavy (non-hydrogen) atoms. The van der Waals surface area contributed by atoms with E-state index < -0.39 is 0 Å². The van der Waals surface area contributed by atoms with Gasteiger partial charge in [-0.15, -0.1) is 0 Å². The predicted molar refractivity (Wildman–Crippen MR) is 80.8 cm³/mol. The van der Waals surface area contributed by atoms with Gasteiger partial charge < -0.3 is 5.32 Å². The smallest absolute Gasteiger partial charge is 0.00205 e. The Bertz CT molecular complexity index is 190. The standard InChI is InChI=1S/C15H31NS/c1-15(2,3)14-8-6-13(7-9-14)12-16-10-5-11-17-4/h13-14,16H,5-12H2,1-4H3. The fraction of sp³-hybridized carbons (Fsp3) is 1.00. The van der Waals surface area contributed by atoms with Crippen LogP contribution in [0.3, 0.4) is 0 Å². The Morgan fingerprint density at radius 1 is 1.12 bits per heavy atom. The van der Waals surface area contributed by atoms with Crippen LogP contribution in [-0.2, 0) is 0 Å². The van der Waals surface area contributed by atoms with Gasteiger partial charge >= 0.3 is 0 Å². The number of rotatable bonds is 6. The topological polar surface area (TPSA) is 12.0 Å². The first-order valence-corrected chi connectivity index (χ1v) is 8.63. The van der Waals surface area contributed by atoms with E-state index in [-0.39, 0.29) is 0 Å². The maximum absolute atomic E-state index is 3.63. The van der Waals surface area contributed by atoms with E-state index in [1.165, 1.54) is 50.9 Å². The predicted octanol–water partition coefficient (Wildman–Crippen LogP) is 4.18. The molecule has 1 fully saturated rings. The third kappa shape index (κ3) is 6.15. The highest BCUT2D eigenvalue weighted by atomic mass is 32.2. The molecule has 1 rings (SSSR count). The summed E-state index contributed by atoms with van der Waals surface area (Å²) < 4.78 is 0. The number of hydrogen-bond donors (Lipinski definition) is 1. The van der Waals surface area contributed by atoms with Crippen LogP contribution in [0.5, 0.6) is 0 Å². The second-order valence-electron chi connectivity index (χ2n) is 6.63. The van der Waals surface area contributed by atoms with Crippen LogP contribution >= 0.6 is 11.8 Å². The van der Waals surface area contributed by atoms with Crippen LogP contribution in [0.15, 0.2) is 0 Å². The van der Waals surface area contributed by atoms with Crippen molar-refractivity contribution in [2.75, 3.05) is 25.1 Å². The molecule has 0 bridgehead atoms. The molecule has 1 aliphatic rings. The molecule has 0 unspecified atom stereocenters. The van der Waals surface area contributed by atoms with Crippen molar-refractivity contribution >= 4 is 11.8 Å². The van der Waals surface area contributed by atoms with Crippen molar-refractivity contribution in [3.05, 3.63) is 0 Å². The molecular formula is C15H31NS. The zero-order chi connectivity index (χ0) is 12.7. The van der Waals surface area contributed by atoms with Crippen molar-refractivity contribution in [3.63, 3.8) is 0 Å². The van der Waals surface area contributed by atoms with Gasteiger partial charge in [0.1, 0.15) is 0 Å². The largest absolute Gasteiger partial charge is 0.316 e. The van der Waals surface area contributed by atoms with E-state index in [4.69, 9.17) is 0 Å². The summed E-state index contributed by atoms with van der Waals surface area (Å²) in [4.78, 5) is 0. The lowest BCUT2D eigenvalue weighted by atomic mass is 9.70. The van der Waals surface area contributed by atoms with Gasteiger partial charge in [-0.05, 0) is 74.5 Å². The Labute approximate surface area is 113 Å². The molecular weight excluding hydrogens is 226 g/mol. The molecule has 1 saturated carbocycles. The lowest BCUT2D eigenvalue weighted by Gasteiger charge is -2.37. The van der Waals surface area contributed by atoms with Crippen LogP contribution in [0.25, 0.3) is 0 Å². The molecule has 0 heterocycles. The number of thioether (sulfide) groups is 1. The van der Waals surface area contributed by atoms with Crippen molar-refractivity contribution in [2.45, 2.75) is 52.9 Å². The highest BCUT2D eigenvalue weighted by Crippen LogP contribution is 2.39. The molecule has 102 valence electrons. The van der Waals surface area contributed by atoms with Crippen molar-refractivity contribution in [3.8, 4) is 0 Å². The molecule has 0 amide bonds. The first kappa shape index (κ1) is 15.4. The van der Waals surface area contributed by atoms with Crippen molar-refractivity contribution in [1.29, 1.82) is 0 Å². The average molecular weight is 257 g/mol. The molecule has 0 aromatic rings. The first-order valence-electron chi connectivity index (χ1n) is 7.23. The second-order valence-corrected chi connectivity index (χ2v) is 7.62. The van der Waals surface area contributed by atoms with Gasteiger partial charge in [0.05, 0.1) is 0 Å². The van der Waals surface area contributed by atoms with Crippen LogP contribution in [0.2, 0.25) is 0 Å². The molecule has 0 saturated heterocycles. The summed E-state index contributed by atoms with van der Waals surface area (Å²) in [5.41, 5.74) is 0.525. The molecule has 0 aromatic heterocycles. The minimum atomic E-state index is 0.525. The van der Waals surface area contributed by atoms with E-state index >= 15 is 0 Å². The summed E-state index contributed by atoms with van der Waals surface area (Å²) in [6, 6.07) is 0. The maximum atomic E-state index is 3.63. The van der Waals surface area contributed by atoms with Gasteiger partial charge in [0.15, 0.2) is 0 Å². The van der Waals surface area contributed by atoms with Crippen molar-refractivity contribution in [1.82, 2.24) is 5.32 Å². The van der Waals surface area contributed by atoms with E-state index in [1.54, 1.807) is 0 Å². The number of nitrogens with one attached hydrogen (secondary N) is 1. The monoisotopic (exact) mass is 257 g/mol. The third-order valence-electron chi connectivity index (χ3n) is 4.21.